The Morgan fingerprint density at radius 3 is 2.76 bits per heavy atom. The minimum Gasteiger partial charge on any atom is -0.370 e. The van der Waals surface area contributed by atoms with Crippen molar-refractivity contribution in [2.24, 2.45) is 5.92 Å². The van der Waals surface area contributed by atoms with Crippen molar-refractivity contribution in [2.45, 2.75) is 46.5 Å². The van der Waals surface area contributed by atoms with Gasteiger partial charge in [-0.05, 0) is 32.1 Å². The molecule has 0 radical (unpaired) electrons. The number of likely N-dealkylation sites (tertiary alicyclic amines) is 1. The number of anilines is 1. The summed E-state index contributed by atoms with van der Waals surface area (Å²) < 4.78 is 0. The van der Waals surface area contributed by atoms with E-state index >= 15 is 0 Å². The van der Waals surface area contributed by atoms with E-state index in [0.717, 1.165) is 51.1 Å². The predicted octanol–water partition coefficient (Wildman–Crippen LogP) is 2.87. The van der Waals surface area contributed by atoms with Crippen LogP contribution in [0.5, 0.6) is 0 Å². The molecule has 1 N–H and O–H groups in total. The molecule has 0 bridgehead atoms. The molecule has 1 fully saturated rings. The van der Waals surface area contributed by atoms with E-state index in [1.54, 1.807) is 6.07 Å². The summed E-state index contributed by atoms with van der Waals surface area (Å²) in [6.07, 6.45) is 4.39. The number of amides is 1. The number of carbonyl (C=O) groups excluding carboxylic acids is 1. The molecule has 0 aromatic carbocycles. The second-order valence-corrected chi connectivity index (χ2v) is 5.94. The van der Waals surface area contributed by atoms with Gasteiger partial charge in [0.25, 0.3) is 5.91 Å². The molecule has 0 atom stereocenters. The Morgan fingerprint density at radius 2 is 2.10 bits per heavy atom. The van der Waals surface area contributed by atoms with Crippen LogP contribution in [0.15, 0.2) is 6.07 Å². The molecule has 1 aromatic rings. The third-order valence-electron chi connectivity index (χ3n) is 3.96. The Balaban J connectivity index is 2.06. The quantitative estimate of drug-likeness (QED) is 0.847. The summed E-state index contributed by atoms with van der Waals surface area (Å²) in [5.41, 5.74) is 0.510. The number of aromatic nitrogens is 2. The molecular weight excluding hydrogens is 264 g/mol. The molecule has 1 aromatic heterocycles. The number of hydrogen-bond donors (Lipinski definition) is 1. The summed E-state index contributed by atoms with van der Waals surface area (Å²) in [7, 11) is 0. The van der Waals surface area contributed by atoms with Gasteiger partial charge in [-0.3, -0.25) is 4.79 Å². The van der Waals surface area contributed by atoms with Crippen molar-refractivity contribution in [2.75, 3.05) is 25.0 Å². The highest BCUT2D eigenvalue weighted by Gasteiger charge is 2.22. The van der Waals surface area contributed by atoms with E-state index < -0.39 is 0 Å². The second kappa shape index (κ2) is 7.38. The number of rotatable bonds is 5. The SMILES string of the molecule is CCCCNc1cc(C(=O)N2CCC(C)CC2)nc(C)n1. The fraction of sp³-hybridized carbons (Fsp3) is 0.688. The Morgan fingerprint density at radius 1 is 1.38 bits per heavy atom. The van der Waals surface area contributed by atoms with Gasteiger partial charge in [0, 0.05) is 25.7 Å². The lowest BCUT2D eigenvalue weighted by Gasteiger charge is -2.30. The van der Waals surface area contributed by atoms with Crippen molar-refractivity contribution in [1.82, 2.24) is 14.9 Å². The van der Waals surface area contributed by atoms with E-state index in [4.69, 9.17) is 0 Å². The molecule has 21 heavy (non-hydrogen) atoms. The maximum atomic E-state index is 12.5. The predicted molar refractivity (Wildman–Crippen MR) is 84.5 cm³/mol. The molecule has 116 valence electrons. The van der Waals surface area contributed by atoms with Gasteiger partial charge in [-0.2, -0.15) is 0 Å². The lowest BCUT2D eigenvalue weighted by Crippen LogP contribution is -2.38. The number of nitrogens with zero attached hydrogens (tertiary/aromatic N) is 3. The highest BCUT2D eigenvalue weighted by Crippen LogP contribution is 2.18. The van der Waals surface area contributed by atoms with Crippen LogP contribution in [0, 0.1) is 12.8 Å². The molecular formula is C16H26N4O. The zero-order chi connectivity index (χ0) is 15.2. The van der Waals surface area contributed by atoms with Gasteiger partial charge in [0.1, 0.15) is 17.3 Å². The van der Waals surface area contributed by atoms with Crippen molar-refractivity contribution in [3.63, 3.8) is 0 Å². The van der Waals surface area contributed by atoms with E-state index in [1.165, 1.54) is 0 Å². The molecule has 0 unspecified atom stereocenters. The van der Waals surface area contributed by atoms with Crippen LogP contribution in [0.2, 0.25) is 0 Å². The number of carbonyl (C=O) groups is 1. The lowest BCUT2D eigenvalue weighted by atomic mass is 9.99. The van der Waals surface area contributed by atoms with E-state index in [0.29, 0.717) is 17.4 Å². The number of nitrogens with one attached hydrogen (secondary N) is 1. The zero-order valence-electron chi connectivity index (χ0n) is 13.4. The molecule has 5 nitrogen and oxygen atoms in total. The molecule has 0 saturated carbocycles. The summed E-state index contributed by atoms with van der Waals surface area (Å²) >= 11 is 0. The standard InChI is InChI=1S/C16H26N4O/c1-4-5-8-17-15-11-14(18-13(3)19-15)16(21)20-9-6-12(2)7-10-20/h11-12H,4-10H2,1-3H3,(H,17,18,19). The van der Waals surface area contributed by atoms with Crippen LogP contribution in [0.25, 0.3) is 0 Å². The van der Waals surface area contributed by atoms with Gasteiger partial charge in [0.15, 0.2) is 0 Å². The number of unbranched alkanes of at least 4 members (excludes halogenated alkanes) is 1. The molecule has 2 rings (SSSR count). The lowest BCUT2D eigenvalue weighted by molar-refractivity contribution is 0.0691. The van der Waals surface area contributed by atoms with Crippen molar-refractivity contribution >= 4 is 11.7 Å². The van der Waals surface area contributed by atoms with E-state index in [9.17, 15) is 4.79 Å². The van der Waals surface area contributed by atoms with E-state index in [1.807, 2.05) is 11.8 Å². The summed E-state index contributed by atoms with van der Waals surface area (Å²) in [4.78, 5) is 23.1. The van der Waals surface area contributed by atoms with Gasteiger partial charge in [0.2, 0.25) is 0 Å². The highest BCUT2D eigenvalue weighted by atomic mass is 16.2. The zero-order valence-corrected chi connectivity index (χ0v) is 13.4. The third-order valence-corrected chi connectivity index (χ3v) is 3.96. The first-order chi connectivity index (χ1) is 10.1. The summed E-state index contributed by atoms with van der Waals surface area (Å²) in [6.45, 7) is 8.77. The number of aryl methyl sites for hydroxylation is 1. The van der Waals surface area contributed by atoms with Crippen molar-refractivity contribution < 1.29 is 4.79 Å². The normalized spacial score (nSPS) is 16.0. The monoisotopic (exact) mass is 290 g/mol. The minimum absolute atomic E-state index is 0.0333. The molecule has 2 heterocycles. The van der Waals surface area contributed by atoms with Gasteiger partial charge < -0.3 is 10.2 Å². The second-order valence-electron chi connectivity index (χ2n) is 5.94. The van der Waals surface area contributed by atoms with Gasteiger partial charge in [0.05, 0.1) is 0 Å². The van der Waals surface area contributed by atoms with E-state index in [2.05, 4.69) is 29.1 Å². The summed E-state index contributed by atoms with van der Waals surface area (Å²) in [5, 5.41) is 3.27. The Hall–Kier alpha value is -1.65. The third kappa shape index (κ3) is 4.41. The van der Waals surface area contributed by atoms with Gasteiger partial charge in [-0.1, -0.05) is 20.3 Å². The smallest absolute Gasteiger partial charge is 0.272 e. The highest BCUT2D eigenvalue weighted by molar-refractivity contribution is 5.93. The van der Waals surface area contributed by atoms with Gasteiger partial charge in [-0.15, -0.1) is 0 Å². The van der Waals surface area contributed by atoms with Gasteiger partial charge in [-0.25, -0.2) is 9.97 Å². The summed E-state index contributed by atoms with van der Waals surface area (Å²) in [5.74, 6) is 2.15. The Kier molecular flexibility index (Phi) is 5.53. The van der Waals surface area contributed by atoms with Crippen LogP contribution in [-0.4, -0.2) is 40.4 Å². The first-order valence-electron chi connectivity index (χ1n) is 7.99. The van der Waals surface area contributed by atoms with Crippen LogP contribution in [-0.2, 0) is 0 Å². The fourth-order valence-electron chi connectivity index (χ4n) is 2.53. The average molecular weight is 290 g/mol. The van der Waals surface area contributed by atoms with Crippen LogP contribution in [0.4, 0.5) is 5.82 Å². The van der Waals surface area contributed by atoms with Crippen LogP contribution in [0.1, 0.15) is 55.8 Å². The van der Waals surface area contributed by atoms with Crippen LogP contribution >= 0.6 is 0 Å². The van der Waals surface area contributed by atoms with Crippen molar-refractivity contribution in [3.05, 3.63) is 17.6 Å². The minimum atomic E-state index is 0.0333. The molecule has 0 aliphatic carbocycles. The van der Waals surface area contributed by atoms with Crippen LogP contribution < -0.4 is 5.32 Å². The summed E-state index contributed by atoms with van der Waals surface area (Å²) in [6, 6.07) is 1.78. The maximum absolute atomic E-state index is 12.5. The molecule has 1 aliphatic rings. The molecule has 1 amide bonds. The largest absolute Gasteiger partial charge is 0.370 e. The van der Waals surface area contributed by atoms with Crippen LogP contribution in [0.3, 0.4) is 0 Å². The Labute approximate surface area is 127 Å². The number of piperidine rings is 1. The fourth-order valence-corrected chi connectivity index (χ4v) is 2.53. The van der Waals surface area contributed by atoms with Crippen molar-refractivity contribution in [1.29, 1.82) is 0 Å². The molecule has 5 heteroatoms. The first kappa shape index (κ1) is 15.7. The molecule has 0 spiro atoms. The Bertz CT molecular complexity index is 481. The van der Waals surface area contributed by atoms with E-state index in [-0.39, 0.29) is 5.91 Å². The first-order valence-corrected chi connectivity index (χ1v) is 7.99. The molecule has 1 saturated heterocycles. The number of hydrogen-bond acceptors (Lipinski definition) is 4. The topological polar surface area (TPSA) is 58.1 Å². The van der Waals surface area contributed by atoms with Crippen molar-refractivity contribution in [3.8, 4) is 0 Å². The van der Waals surface area contributed by atoms with Gasteiger partial charge >= 0.3 is 0 Å². The average Bonchev–Trinajstić information content (AvgIpc) is 2.47. The maximum Gasteiger partial charge on any atom is 0.272 e. The molecule has 1 aliphatic heterocycles.